The van der Waals surface area contributed by atoms with Crippen molar-refractivity contribution in [2.45, 2.75) is 38.5 Å². The number of nitrogens with one attached hydrogen (secondary N) is 1. The highest BCUT2D eigenvalue weighted by molar-refractivity contribution is 6.00. The van der Waals surface area contributed by atoms with Crippen molar-refractivity contribution >= 4 is 17.8 Å². The average Bonchev–Trinajstić information content (AvgIpc) is 2.91. The van der Waals surface area contributed by atoms with E-state index in [1.807, 2.05) is 6.07 Å². The number of nitrogens with zero attached hydrogens (tertiary/aromatic N) is 1. The van der Waals surface area contributed by atoms with Gasteiger partial charge in [0.05, 0.1) is 5.69 Å². The van der Waals surface area contributed by atoms with E-state index in [2.05, 4.69) is 16.4 Å². The molecule has 0 unspecified atom stereocenters. The fraction of sp³-hybridized carbons (Fsp3) is 0.467. The van der Waals surface area contributed by atoms with Crippen LogP contribution in [0.1, 0.15) is 47.2 Å². The van der Waals surface area contributed by atoms with E-state index in [0.29, 0.717) is 0 Å². The smallest absolute Gasteiger partial charge is 0.152 e. The minimum Gasteiger partial charge on any atom is -0.343 e. The van der Waals surface area contributed by atoms with Gasteiger partial charge < -0.3 is 5.32 Å². The van der Waals surface area contributed by atoms with Gasteiger partial charge in [0.1, 0.15) is 5.84 Å². The number of hydrogen-bond acceptors (Lipinski definition) is 3. The Kier molecular flexibility index (Phi) is 3.13. The van der Waals surface area contributed by atoms with Gasteiger partial charge in [0.15, 0.2) is 6.29 Å². The van der Waals surface area contributed by atoms with Crippen LogP contribution in [0.15, 0.2) is 17.1 Å². The van der Waals surface area contributed by atoms with E-state index in [1.165, 1.54) is 24.0 Å². The maximum atomic E-state index is 11.4. The molecule has 3 nitrogen and oxygen atoms in total. The Bertz CT molecular complexity index is 505. The summed E-state index contributed by atoms with van der Waals surface area (Å²) >= 11 is 0. The summed E-state index contributed by atoms with van der Waals surface area (Å²) in [5, 5.41) is 3.33. The predicted molar refractivity (Wildman–Crippen MR) is 73.6 cm³/mol. The molecule has 0 aromatic heterocycles. The molecule has 1 aromatic carbocycles. The molecule has 1 N–H and O–H groups in total. The minimum atomic E-state index is 0.849. The van der Waals surface area contributed by atoms with Crippen molar-refractivity contribution < 1.29 is 4.79 Å². The second kappa shape index (κ2) is 4.92. The van der Waals surface area contributed by atoms with Gasteiger partial charge in [-0.3, -0.25) is 9.79 Å². The first-order valence-corrected chi connectivity index (χ1v) is 6.79. The van der Waals surface area contributed by atoms with Crippen LogP contribution < -0.4 is 5.32 Å². The third-order valence-electron chi connectivity index (χ3n) is 3.85. The Morgan fingerprint density at radius 1 is 1.11 bits per heavy atom. The van der Waals surface area contributed by atoms with Crippen molar-refractivity contribution in [2.24, 2.45) is 4.99 Å². The van der Waals surface area contributed by atoms with Crippen molar-refractivity contribution in [2.75, 3.05) is 11.9 Å². The fourth-order valence-electron chi connectivity index (χ4n) is 2.90. The summed E-state index contributed by atoms with van der Waals surface area (Å²) < 4.78 is 0. The highest BCUT2D eigenvalue weighted by Crippen LogP contribution is 2.29. The molecule has 1 aliphatic carbocycles. The fourth-order valence-corrected chi connectivity index (χ4v) is 2.90. The topological polar surface area (TPSA) is 41.5 Å². The zero-order chi connectivity index (χ0) is 12.4. The summed E-state index contributed by atoms with van der Waals surface area (Å²) in [5.41, 5.74) is 4.38. The van der Waals surface area contributed by atoms with Gasteiger partial charge in [-0.05, 0) is 49.3 Å². The van der Waals surface area contributed by atoms with Crippen LogP contribution in [0.25, 0.3) is 0 Å². The maximum absolute atomic E-state index is 11.4. The molecule has 1 aliphatic heterocycles. The summed E-state index contributed by atoms with van der Waals surface area (Å²) in [4.78, 5) is 15.8. The number of carbonyl (C=O) groups excluding carboxylic acids is 1. The standard InChI is InChI=1S/C15H18N2O/c18-10-13-12-5-2-1-4-11(12)7-8-14(13)17-15-6-3-9-16-15/h7-8,10H,1-6,9H2,(H,16,17). The maximum Gasteiger partial charge on any atom is 0.152 e. The van der Waals surface area contributed by atoms with Gasteiger partial charge in [-0.2, -0.15) is 0 Å². The monoisotopic (exact) mass is 242 g/mol. The molecular weight excluding hydrogens is 224 g/mol. The zero-order valence-corrected chi connectivity index (χ0v) is 10.5. The quantitative estimate of drug-likeness (QED) is 0.810. The van der Waals surface area contributed by atoms with Crippen molar-refractivity contribution in [1.82, 2.24) is 0 Å². The molecule has 0 saturated heterocycles. The van der Waals surface area contributed by atoms with Crippen LogP contribution in [0, 0.1) is 0 Å². The number of amidine groups is 1. The Hall–Kier alpha value is -1.64. The normalized spacial score (nSPS) is 18.1. The molecule has 3 heteroatoms. The molecular formula is C15H18N2O. The molecule has 0 spiro atoms. The van der Waals surface area contributed by atoms with Crippen molar-refractivity contribution in [1.29, 1.82) is 0 Å². The molecule has 0 atom stereocenters. The molecule has 0 amide bonds. The van der Waals surface area contributed by atoms with Crippen LogP contribution in [0.3, 0.4) is 0 Å². The van der Waals surface area contributed by atoms with E-state index in [4.69, 9.17) is 0 Å². The summed E-state index contributed by atoms with van der Waals surface area (Å²) in [6.07, 6.45) is 7.69. The van der Waals surface area contributed by atoms with Crippen LogP contribution in [-0.4, -0.2) is 18.7 Å². The first kappa shape index (κ1) is 11.5. The number of hydrogen-bond donors (Lipinski definition) is 1. The number of aliphatic imine (C=N–C) groups is 1. The lowest BCUT2D eigenvalue weighted by molar-refractivity contribution is 0.112. The van der Waals surface area contributed by atoms with Crippen LogP contribution in [0.2, 0.25) is 0 Å². The third kappa shape index (κ3) is 2.05. The molecule has 0 bridgehead atoms. The van der Waals surface area contributed by atoms with Gasteiger partial charge in [-0.15, -0.1) is 0 Å². The molecule has 94 valence electrons. The molecule has 0 saturated carbocycles. The highest BCUT2D eigenvalue weighted by Gasteiger charge is 2.17. The number of anilines is 1. The first-order valence-electron chi connectivity index (χ1n) is 6.79. The first-order chi connectivity index (χ1) is 8.88. The summed E-state index contributed by atoms with van der Waals surface area (Å²) in [6, 6.07) is 4.20. The summed E-state index contributed by atoms with van der Waals surface area (Å²) in [7, 11) is 0. The molecule has 1 aromatic rings. The number of aldehydes is 1. The summed E-state index contributed by atoms with van der Waals surface area (Å²) in [6.45, 7) is 0.906. The van der Waals surface area contributed by atoms with Crippen LogP contribution >= 0.6 is 0 Å². The van der Waals surface area contributed by atoms with Gasteiger partial charge in [-0.25, -0.2) is 0 Å². The molecule has 1 heterocycles. The van der Waals surface area contributed by atoms with Crippen LogP contribution in [0.5, 0.6) is 0 Å². The SMILES string of the molecule is O=Cc1c(NC2=NCCC2)ccc2c1CCCC2. The Morgan fingerprint density at radius 2 is 2.00 bits per heavy atom. The van der Waals surface area contributed by atoms with Crippen molar-refractivity contribution in [3.63, 3.8) is 0 Å². The van der Waals surface area contributed by atoms with Crippen LogP contribution in [0.4, 0.5) is 5.69 Å². The number of fused-ring (bicyclic) bond motifs is 1. The number of aryl methyl sites for hydroxylation is 1. The van der Waals surface area contributed by atoms with E-state index >= 15 is 0 Å². The lowest BCUT2D eigenvalue weighted by Crippen LogP contribution is -2.14. The Labute approximate surface area is 107 Å². The second-order valence-electron chi connectivity index (χ2n) is 5.05. The molecule has 2 aliphatic rings. The average molecular weight is 242 g/mol. The number of benzene rings is 1. The van der Waals surface area contributed by atoms with Gasteiger partial charge in [0, 0.05) is 18.5 Å². The molecule has 0 radical (unpaired) electrons. The van der Waals surface area contributed by atoms with E-state index in [1.54, 1.807) is 0 Å². The Morgan fingerprint density at radius 3 is 2.78 bits per heavy atom. The number of carbonyl (C=O) groups is 1. The van der Waals surface area contributed by atoms with Gasteiger partial charge in [-0.1, -0.05) is 6.07 Å². The van der Waals surface area contributed by atoms with E-state index in [9.17, 15) is 4.79 Å². The van der Waals surface area contributed by atoms with Gasteiger partial charge in [0.25, 0.3) is 0 Å². The molecule has 18 heavy (non-hydrogen) atoms. The Balaban J connectivity index is 1.96. The van der Waals surface area contributed by atoms with Gasteiger partial charge >= 0.3 is 0 Å². The summed E-state index contributed by atoms with van der Waals surface area (Å²) in [5.74, 6) is 1.02. The largest absolute Gasteiger partial charge is 0.343 e. The van der Waals surface area contributed by atoms with E-state index in [-0.39, 0.29) is 0 Å². The highest BCUT2D eigenvalue weighted by atomic mass is 16.1. The minimum absolute atomic E-state index is 0.849. The number of rotatable bonds is 2. The second-order valence-corrected chi connectivity index (χ2v) is 5.05. The van der Waals surface area contributed by atoms with E-state index < -0.39 is 0 Å². The van der Waals surface area contributed by atoms with Gasteiger partial charge in [0.2, 0.25) is 0 Å². The molecule has 3 rings (SSSR count). The zero-order valence-electron chi connectivity index (χ0n) is 10.5. The van der Waals surface area contributed by atoms with Crippen molar-refractivity contribution in [3.05, 3.63) is 28.8 Å². The van der Waals surface area contributed by atoms with Crippen LogP contribution in [-0.2, 0) is 12.8 Å². The lowest BCUT2D eigenvalue weighted by Gasteiger charge is -2.20. The van der Waals surface area contributed by atoms with E-state index in [0.717, 1.165) is 55.6 Å². The lowest BCUT2D eigenvalue weighted by atomic mass is 9.88. The molecule has 0 fully saturated rings. The van der Waals surface area contributed by atoms with Crippen molar-refractivity contribution in [3.8, 4) is 0 Å². The third-order valence-corrected chi connectivity index (χ3v) is 3.85. The predicted octanol–water partition coefficient (Wildman–Crippen LogP) is 2.98.